The van der Waals surface area contributed by atoms with Gasteiger partial charge in [0.15, 0.2) is 0 Å². The maximum absolute atomic E-state index is 12.8. The Morgan fingerprint density at radius 3 is 2.69 bits per heavy atom. The van der Waals surface area contributed by atoms with E-state index in [1.165, 1.54) is 0 Å². The number of hydrogen-bond donors (Lipinski definition) is 2. The number of carbonyl (C=O) groups is 1. The molecule has 2 atom stereocenters. The third-order valence-electron chi connectivity index (χ3n) is 5.05. The molecule has 1 amide bonds. The summed E-state index contributed by atoms with van der Waals surface area (Å²) in [5.41, 5.74) is 8.58. The molecule has 0 bridgehead atoms. The fraction of sp³-hybridized carbons (Fsp3) is 0.368. The van der Waals surface area contributed by atoms with Crippen molar-refractivity contribution < 1.29 is 4.79 Å². The molecular formula is C19H22ClN5O. The number of benzene rings is 1. The second-order valence-electron chi connectivity index (χ2n) is 6.71. The van der Waals surface area contributed by atoms with Gasteiger partial charge < -0.3 is 9.80 Å². The van der Waals surface area contributed by atoms with E-state index in [0.29, 0.717) is 0 Å². The zero-order valence-corrected chi connectivity index (χ0v) is 15.2. The molecule has 0 aliphatic carbocycles. The second kappa shape index (κ2) is 7.61. The van der Waals surface area contributed by atoms with Crippen LogP contribution in [-0.4, -0.2) is 48.0 Å². The Morgan fingerprint density at radius 1 is 1.12 bits per heavy atom. The molecule has 2 aliphatic rings. The molecule has 136 valence electrons. The van der Waals surface area contributed by atoms with E-state index in [1.807, 2.05) is 41.4 Å². The average molecular weight is 372 g/mol. The van der Waals surface area contributed by atoms with Crippen molar-refractivity contribution in [1.29, 1.82) is 0 Å². The predicted molar refractivity (Wildman–Crippen MR) is 102 cm³/mol. The summed E-state index contributed by atoms with van der Waals surface area (Å²) in [6.07, 6.45) is 4.34. The largest absolute Gasteiger partial charge is 0.368 e. The third kappa shape index (κ3) is 3.67. The minimum absolute atomic E-state index is 0.116. The van der Waals surface area contributed by atoms with Crippen LogP contribution < -0.4 is 15.8 Å². The van der Waals surface area contributed by atoms with Crippen LogP contribution in [0.15, 0.2) is 48.8 Å². The molecule has 6 nitrogen and oxygen atoms in total. The molecule has 2 aliphatic heterocycles. The van der Waals surface area contributed by atoms with Gasteiger partial charge in [-0.2, -0.15) is 0 Å². The summed E-state index contributed by atoms with van der Waals surface area (Å²) < 4.78 is 0. The van der Waals surface area contributed by atoms with E-state index < -0.39 is 0 Å². The van der Waals surface area contributed by atoms with Crippen molar-refractivity contribution in [3.8, 4) is 0 Å². The molecule has 0 radical (unpaired) electrons. The van der Waals surface area contributed by atoms with Crippen LogP contribution in [0.5, 0.6) is 0 Å². The van der Waals surface area contributed by atoms with Gasteiger partial charge in [-0.15, -0.1) is 0 Å². The summed E-state index contributed by atoms with van der Waals surface area (Å²) >= 11 is 6.08. The summed E-state index contributed by atoms with van der Waals surface area (Å²) in [7, 11) is 0. The summed E-state index contributed by atoms with van der Waals surface area (Å²) in [6, 6.07) is 11.7. The lowest BCUT2D eigenvalue weighted by Gasteiger charge is -2.37. The standard InChI is InChI=1S/C19H22ClN5O/c20-15-4-1-5-16(11-15)24-7-9-25(10-8-24)19(26)18-12-17(22-23-18)14-3-2-6-21-13-14/h1-6,11,13,17-18,22-23H,7-10,12H2. The van der Waals surface area contributed by atoms with Crippen molar-refractivity contribution in [1.82, 2.24) is 20.7 Å². The van der Waals surface area contributed by atoms with E-state index in [4.69, 9.17) is 11.6 Å². The first kappa shape index (κ1) is 17.3. The Morgan fingerprint density at radius 2 is 1.96 bits per heavy atom. The lowest BCUT2D eigenvalue weighted by Crippen LogP contribution is -2.53. The van der Waals surface area contributed by atoms with Crippen LogP contribution in [0, 0.1) is 0 Å². The van der Waals surface area contributed by atoms with Crippen LogP contribution in [0.2, 0.25) is 5.02 Å². The maximum Gasteiger partial charge on any atom is 0.241 e. The smallest absolute Gasteiger partial charge is 0.241 e. The quantitative estimate of drug-likeness (QED) is 0.864. The first-order valence-corrected chi connectivity index (χ1v) is 9.29. The van der Waals surface area contributed by atoms with Crippen LogP contribution >= 0.6 is 11.6 Å². The molecule has 2 unspecified atom stereocenters. The second-order valence-corrected chi connectivity index (χ2v) is 7.14. The molecule has 7 heteroatoms. The van der Waals surface area contributed by atoms with E-state index in [9.17, 15) is 4.79 Å². The number of carbonyl (C=O) groups excluding carboxylic acids is 1. The lowest BCUT2D eigenvalue weighted by atomic mass is 10.0. The van der Waals surface area contributed by atoms with Gasteiger partial charge in [0.05, 0.1) is 0 Å². The van der Waals surface area contributed by atoms with E-state index in [2.05, 4.69) is 26.8 Å². The van der Waals surface area contributed by atoms with Crippen molar-refractivity contribution in [3.05, 3.63) is 59.4 Å². The van der Waals surface area contributed by atoms with Crippen molar-refractivity contribution in [3.63, 3.8) is 0 Å². The molecule has 0 spiro atoms. The monoisotopic (exact) mass is 371 g/mol. The van der Waals surface area contributed by atoms with Crippen molar-refractivity contribution in [2.24, 2.45) is 0 Å². The van der Waals surface area contributed by atoms with Crippen molar-refractivity contribution in [2.75, 3.05) is 31.1 Å². The molecule has 2 N–H and O–H groups in total. The summed E-state index contributed by atoms with van der Waals surface area (Å²) in [5, 5.41) is 0.740. The van der Waals surface area contributed by atoms with Gasteiger partial charge in [0.2, 0.25) is 5.91 Å². The van der Waals surface area contributed by atoms with Crippen LogP contribution in [0.1, 0.15) is 18.0 Å². The third-order valence-corrected chi connectivity index (χ3v) is 5.29. The average Bonchev–Trinajstić information content (AvgIpc) is 3.18. The SMILES string of the molecule is O=C(C1CC(c2cccnc2)NN1)N1CCN(c2cccc(Cl)c2)CC1. The number of amides is 1. The first-order valence-electron chi connectivity index (χ1n) is 8.91. The van der Waals surface area contributed by atoms with Gasteiger partial charge in [-0.3, -0.25) is 9.78 Å². The van der Waals surface area contributed by atoms with Gasteiger partial charge in [-0.05, 0) is 36.2 Å². The Labute approximate surface area is 158 Å². The zero-order chi connectivity index (χ0) is 17.9. The molecule has 2 saturated heterocycles. The highest BCUT2D eigenvalue weighted by Crippen LogP contribution is 2.24. The van der Waals surface area contributed by atoms with Crippen LogP contribution in [0.3, 0.4) is 0 Å². The Balaban J connectivity index is 1.33. The number of hydrogen-bond acceptors (Lipinski definition) is 5. The highest BCUT2D eigenvalue weighted by Gasteiger charge is 2.34. The van der Waals surface area contributed by atoms with E-state index in [-0.39, 0.29) is 18.0 Å². The van der Waals surface area contributed by atoms with Gasteiger partial charge in [-0.1, -0.05) is 23.7 Å². The van der Waals surface area contributed by atoms with Gasteiger partial charge >= 0.3 is 0 Å². The molecular weight excluding hydrogens is 350 g/mol. The first-order chi connectivity index (χ1) is 12.7. The molecule has 4 rings (SSSR count). The number of halogens is 1. The minimum Gasteiger partial charge on any atom is -0.368 e. The van der Waals surface area contributed by atoms with Gasteiger partial charge in [-0.25, -0.2) is 10.9 Å². The summed E-state index contributed by atoms with van der Waals surface area (Å²) in [6.45, 7) is 3.08. The molecule has 2 aromatic rings. The van der Waals surface area contributed by atoms with Crippen molar-refractivity contribution >= 4 is 23.2 Å². The fourth-order valence-corrected chi connectivity index (χ4v) is 3.78. The fourth-order valence-electron chi connectivity index (χ4n) is 3.60. The maximum atomic E-state index is 12.8. The number of rotatable bonds is 3. The number of aromatic nitrogens is 1. The highest BCUT2D eigenvalue weighted by atomic mass is 35.5. The topological polar surface area (TPSA) is 60.5 Å². The number of anilines is 1. The lowest BCUT2D eigenvalue weighted by molar-refractivity contribution is -0.133. The van der Waals surface area contributed by atoms with Crippen LogP contribution in [0.4, 0.5) is 5.69 Å². The normalized spacial score (nSPS) is 23.3. The summed E-state index contributed by atoms with van der Waals surface area (Å²) in [4.78, 5) is 21.2. The molecule has 2 fully saturated rings. The van der Waals surface area contributed by atoms with E-state index in [0.717, 1.165) is 48.9 Å². The van der Waals surface area contributed by atoms with Gasteiger partial charge in [0.25, 0.3) is 0 Å². The Kier molecular flexibility index (Phi) is 5.06. The van der Waals surface area contributed by atoms with E-state index in [1.54, 1.807) is 6.20 Å². The number of hydrazine groups is 1. The Hall–Kier alpha value is -2.15. The Bertz CT molecular complexity index is 764. The van der Waals surface area contributed by atoms with Crippen molar-refractivity contribution in [2.45, 2.75) is 18.5 Å². The molecule has 0 saturated carbocycles. The number of pyridine rings is 1. The van der Waals surface area contributed by atoms with Gasteiger partial charge in [0, 0.05) is 55.3 Å². The number of nitrogens with zero attached hydrogens (tertiary/aromatic N) is 3. The predicted octanol–water partition coefficient (Wildman–Crippen LogP) is 1.99. The summed E-state index contributed by atoms with van der Waals surface area (Å²) in [5.74, 6) is 0.162. The molecule has 1 aromatic carbocycles. The number of piperazine rings is 1. The molecule has 1 aromatic heterocycles. The molecule has 3 heterocycles. The molecule has 26 heavy (non-hydrogen) atoms. The number of nitrogens with one attached hydrogen (secondary N) is 2. The van der Waals surface area contributed by atoms with E-state index >= 15 is 0 Å². The highest BCUT2D eigenvalue weighted by molar-refractivity contribution is 6.30. The minimum atomic E-state index is -0.196. The van der Waals surface area contributed by atoms with Crippen LogP contribution in [0.25, 0.3) is 0 Å². The van der Waals surface area contributed by atoms with Gasteiger partial charge in [0.1, 0.15) is 6.04 Å². The van der Waals surface area contributed by atoms with Crippen LogP contribution in [-0.2, 0) is 4.79 Å². The zero-order valence-electron chi connectivity index (χ0n) is 14.4.